The number of rotatable bonds is 5. The highest BCUT2D eigenvalue weighted by atomic mass is 127. The number of likely N-dealkylation sites (tertiary alicyclic amines) is 2. The molecule has 1 N–H and O–H groups in total. The van der Waals surface area contributed by atoms with Gasteiger partial charge in [-0.1, -0.05) is 30.3 Å². The molecule has 0 bridgehead atoms. The van der Waals surface area contributed by atoms with Gasteiger partial charge in [0.2, 0.25) is 0 Å². The van der Waals surface area contributed by atoms with Crippen molar-refractivity contribution in [2.75, 3.05) is 33.2 Å². The largest absolute Gasteiger partial charge is 0.354 e. The van der Waals surface area contributed by atoms with Crippen LogP contribution in [0.15, 0.2) is 47.7 Å². The third kappa shape index (κ3) is 5.55. The smallest absolute Gasteiger partial charge is 0.193 e. The van der Waals surface area contributed by atoms with Crippen molar-refractivity contribution in [3.63, 3.8) is 0 Å². The molecule has 164 valence electrons. The van der Waals surface area contributed by atoms with Gasteiger partial charge in [0, 0.05) is 58.2 Å². The van der Waals surface area contributed by atoms with Gasteiger partial charge in [-0.25, -0.2) is 4.98 Å². The van der Waals surface area contributed by atoms with Crippen LogP contribution in [-0.2, 0) is 13.1 Å². The molecule has 7 heteroatoms. The zero-order valence-electron chi connectivity index (χ0n) is 18.2. The van der Waals surface area contributed by atoms with Crippen molar-refractivity contribution in [2.24, 2.45) is 10.9 Å². The molecule has 1 aromatic heterocycles. The van der Waals surface area contributed by atoms with Crippen LogP contribution < -0.4 is 5.32 Å². The quantitative estimate of drug-likeness (QED) is 0.372. The molecule has 0 radical (unpaired) electrons. The lowest BCUT2D eigenvalue weighted by atomic mass is 9.83. The molecule has 2 aliphatic rings. The number of hydrogen-bond donors (Lipinski definition) is 1. The van der Waals surface area contributed by atoms with Gasteiger partial charge in [0.1, 0.15) is 5.82 Å². The summed E-state index contributed by atoms with van der Waals surface area (Å²) in [5.41, 5.74) is 1.43. The van der Waals surface area contributed by atoms with Crippen LogP contribution in [0.5, 0.6) is 0 Å². The lowest BCUT2D eigenvalue weighted by Gasteiger charge is -2.48. The zero-order valence-corrected chi connectivity index (χ0v) is 20.5. The molecule has 0 aliphatic carbocycles. The third-order valence-electron chi connectivity index (χ3n) is 6.48. The molecular weight excluding hydrogens is 487 g/mol. The molecule has 2 saturated heterocycles. The van der Waals surface area contributed by atoms with Gasteiger partial charge >= 0.3 is 0 Å². The van der Waals surface area contributed by atoms with E-state index in [1.807, 2.05) is 26.4 Å². The van der Waals surface area contributed by atoms with E-state index in [1.165, 1.54) is 31.4 Å². The summed E-state index contributed by atoms with van der Waals surface area (Å²) in [5.74, 6) is 2.83. The Morgan fingerprint density at radius 3 is 2.77 bits per heavy atom. The fourth-order valence-electron chi connectivity index (χ4n) is 4.97. The van der Waals surface area contributed by atoms with Gasteiger partial charge in [-0.2, -0.15) is 0 Å². The summed E-state index contributed by atoms with van der Waals surface area (Å²) in [6.07, 6.45) is 7.75. The average Bonchev–Trinajstić information content (AvgIpc) is 3.16. The summed E-state index contributed by atoms with van der Waals surface area (Å²) in [7, 11) is 1.90. The average molecular weight is 522 g/mol. The van der Waals surface area contributed by atoms with E-state index in [4.69, 9.17) is 0 Å². The zero-order chi connectivity index (χ0) is 20.1. The number of aryl methyl sites for hydroxylation is 1. The molecule has 2 fully saturated rings. The number of imidazole rings is 1. The monoisotopic (exact) mass is 522 g/mol. The molecule has 3 heterocycles. The topological polar surface area (TPSA) is 48.7 Å². The van der Waals surface area contributed by atoms with Crippen LogP contribution in [0.1, 0.15) is 30.7 Å². The maximum absolute atomic E-state index is 4.57. The predicted octanol–water partition coefficient (Wildman–Crippen LogP) is 3.37. The minimum absolute atomic E-state index is 0. The maximum Gasteiger partial charge on any atom is 0.193 e. The summed E-state index contributed by atoms with van der Waals surface area (Å²) in [5, 5.41) is 3.56. The first-order valence-electron chi connectivity index (χ1n) is 11.0. The van der Waals surface area contributed by atoms with Crippen molar-refractivity contribution in [3.05, 3.63) is 54.1 Å². The standard InChI is InChI=1S/C23H34N6.HI/c1-19-25-11-15-27(19)16-12-26-23(24-2)29-14-10-22-21(18-29)9-6-13-28(22)17-20-7-4-3-5-8-20;/h3-5,7-8,11,15,21-22H,6,9-10,12-14,16-18H2,1-2H3,(H,24,26);1H. The number of aliphatic imine (C=N–C) groups is 1. The van der Waals surface area contributed by atoms with E-state index in [1.54, 1.807) is 0 Å². The van der Waals surface area contributed by atoms with Crippen molar-refractivity contribution in [1.82, 2.24) is 24.7 Å². The van der Waals surface area contributed by atoms with Gasteiger partial charge in [0.25, 0.3) is 0 Å². The molecule has 2 aromatic rings. The van der Waals surface area contributed by atoms with E-state index in [-0.39, 0.29) is 24.0 Å². The SMILES string of the molecule is CN=C(NCCn1ccnc1C)N1CCC2C(CCCN2Cc2ccccc2)C1.I. The minimum atomic E-state index is 0. The normalized spacial score (nSPS) is 22.3. The van der Waals surface area contributed by atoms with Gasteiger partial charge in [0.05, 0.1) is 0 Å². The highest BCUT2D eigenvalue weighted by Crippen LogP contribution is 2.31. The Hall–Kier alpha value is -1.61. The molecule has 2 unspecified atom stereocenters. The minimum Gasteiger partial charge on any atom is -0.354 e. The van der Waals surface area contributed by atoms with Crippen LogP contribution in [0.25, 0.3) is 0 Å². The molecule has 0 spiro atoms. The Balaban J connectivity index is 0.00000256. The number of halogens is 1. The predicted molar refractivity (Wildman–Crippen MR) is 133 cm³/mol. The van der Waals surface area contributed by atoms with E-state index >= 15 is 0 Å². The molecule has 30 heavy (non-hydrogen) atoms. The number of guanidine groups is 1. The Kier molecular flexibility index (Phi) is 8.56. The highest BCUT2D eigenvalue weighted by molar-refractivity contribution is 14.0. The molecule has 1 aromatic carbocycles. The van der Waals surface area contributed by atoms with E-state index in [2.05, 4.69) is 60.0 Å². The lowest BCUT2D eigenvalue weighted by Crippen LogP contribution is -2.56. The third-order valence-corrected chi connectivity index (χ3v) is 6.48. The van der Waals surface area contributed by atoms with Crippen LogP contribution in [0.4, 0.5) is 0 Å². The molecule has 4 rings (SSSR count). The van der Waals surface area contributed by atoms with Crippen molar-refractivity contribution in [3.8, 4) is 0 Å². The van der Waals surface area contributed by atoms with Gasteiger partial charge in [-0.15, -0.1) is 24.0 Å². The van der Waals surface area contributed by atoms with Crippen molar-refractivity contribution in [1.29, 1.82) is 0 Å². The number of aromatic nitrogens is 2. The Morgan fingerprint density at radius 2 is 2.03 bits per heavy atom. The molecule has 0 saturated carbocycles. The molecule has 2 aliphatic heterocycles. The van der Waals surface area contributed by atoms with Crippen molar-refractivity contribution in [2.45, 2.75) is 45.3 Å². The number of piperidine rings is 2. The van der Waals surface area contributed by atoms with Crippen LogP contribution in [0, 0.1) is 12.8 Å². The number of nitrogens with one attached hydrogen (secondary N) is 1. The number of hydrogen-bond acceptors (Lipinski definition) is 3. The Labute approximate surface area is 197 Å². The molecule has 0 amide bonds. The fraction of sp³-hybridized carbons (Fsp3) is 0.565. The number of nitrogens with zero attached hydrogens (tertiary/aromatic N) is 5. The second kappa shape index (κ2) is 11.1. The van der Waals surface area contributed by atoms with Crippen LogP contribution in [0.3, 0.4) is 0 Å². The first-order valence-corrected chi connectivity index (χ1v) is 11.0. The van der Waals surface area contributed by atoms with Crippen molar-refractivity contribution < 1.29 is 0 Å². The van der Waals surface area contributed by atoms with E-state index in [9.17, 15) is 0 Å². The number of benzene rings is 1. The van der Waals surface area contributed by atoms with E-state index in [0.717, 1.165) is 50.4 Å². The van der Waals surface area contributed by atoms with E-state index in [0.29, 0.717) is 6.04 Å². The van der Waals surface area contributed by atoms with Crippen molar-refractivity contribution >= 4 is 29.9 Å². The Bertz CT molecular complexity index is 805. The van der Waals surface area contributed by atoms with Gasteiger partial charge in [-0.05, 0) is 44.2 Å². The van der Waals surface area contributed by atoms with Crippen LogP contribution in [-0.4, -0.2) is 64.6 Å². The van der Waals surface area contributed by atoms with E-state index < -0.39 is 0 Å². The van der Waals surface area contributed by atoms with Gasteiger partial charge in [-0.3, -0.25) is 9.89 Å². The van der Waals surface area contributed by atoms with Crippen LogP contribution >= 0.6 is 24.0 Å². The molecular formula is C23H35IN6. The lowest BCUT2D eigenvalue weighted by molar-refractivity contribution is 0.0372. The maximum atomic E-state index is 4.57. The Morgan fingerprint density at radius 1 is 1.20 bits per heavy atom. The first kappa shape index (κ1) is 23.1. The highest BCUT2D eigenvalue weighted by Gasteiger charge is 2.36. The second-order valence-corrected chi connectivity index (χ2v) is 8.30. The summed E-state index contributed by atoms with van der Waals surface area (Å²) in [6, 6.07) is 11.6. The summed E-state index contributed by atoms with van der Waals surface area (Å²) >= 11 is 0. The molecule has 6 nitrogen and oxygen atoms in total. The fourth-order valence-corrected chi connectivity index (χ4v) is 4.97. The molecule has 2 atom stereocenters. The summed E-state index contributed by atoms with van der Waals surface area (Å²) in [4.78, 5) is 14.1. The van der Waals surface area contributed by atoms with Gasteiger partial charge in [0.15, 0.2) is 5.96 Å². The second-order valence-electron chi connectivity index (χ2n) is 8.30. The van der Waals surface area contributed by atoms with Gasteiger partial charge < -0.3 is 14.8 Å². The summed E-state index contributed by atoms with van der Waals surface area (Å²) in [6.45, 7) is 8.33. The van der Waals surface area contributed by atoms with Crippen LogP contribution in [0.2, 0.25) is 0 Å². The summed E-state index contributed by atoms with van der Waals surface area (Å²) < 4.78 is 2.18. The first-order chi connectivity index (χ1) is 14.2. The number of fused-ring (bicyclic) bond motifs is 1.